The van der Waals surface area contributed by atoms with Gasteiger partial charge in [-0.1, -0.05) is 0 Å². The van der Waals surface area contributed by atoms with E-state index >= 15 is 0 Å². The van der Waals surface area contributed by atoms with Crippen LogP contribution < -0.4 is 11.1 Å². The molecular formula is C15H21N3O3. The first-order valence-electron chi connectivity index (χ1n) is 7.20. The summed E-state index contributed by atoms with van der Waals surface area (Å²) < 4.78 is 0. The number of hydrogen-bond acceptors (Lipinski definition) is 3. The molecule has 114 valence electrons. The predicted octanol–water partition coefficient (Wildman–Crippen LogP) is 1.55. The maximum absolute atomic E-state index is 12.6. The van der Waals surface area contributed by atoms with E-state index in [9.17, 15) is 9.59 Å². The van der Waals surface area contributed by atoms with Gasteiger partial charge in [-0.25, -0.2) is 4.79 Å². The number of aliphatic hydroxyl groups excluding tert-OH is 1. The summed E-state index contributed by atoms with van der Waals surface area (Å²) in [5, 5.41) is 11.4. The molecule has 0 radical (unpaired) electrons. The van der Waals surface area contributed by atoms with Crippen molar-refractivity contribution in [3.63, 3.8) is 0 Å². The number of carbonyl (C=O) groups is 2. The van der Waals surface area contributed by atoms with Gasteiger partial charge in [0.05, 0.1) is 0 Å². The number of nitrogens with zero attached hydrogens (tertiary/aromatic N) is 1. The van der Waals surface area contributed by atoms with Crippen molar-refractivity contribution in [1.29, 1.82) is 0 Å². The number of benzene rings is 1. The number of primary amides is 1. The lowest BCUT2D eigenvalue weighted by Gasteiger charge is -2.37. The summed E-state index contributed by atoms with van der Waals surface area (Å²) >= 11 is 0. The summed E-state index contributed by atoms with van der Waals surface area (Å²) in [6.07, 6.45) is 3.79. The summed E-state index contributed by atoms with van der Waals surface area (Å²) in [7, 11) is 0. The minimum Gasteiger partial charge on any atom is -0.396 e. The van der Waals surface area contributed by atoms with Crippen LogP contribution >= 0.6 is 0 Å². The highest BCUT2D eigenvalue weighted by molar-refractivity contribution is 5.95. The molecule has 1 aliphatic carbocycles. The van der Waals surface area contributed by atoms with Crippen molar-refractivity contribution in [2.75, 3.05) is 18.5 Å². The zero-order valence-electron chi connectivity index (χ0n) is 11.9. The second kappa shape index (κ2) is 7.08. The summed E-state index contributed by atoms with van der Waals surface area (Å²) in [5.74, 6) is -0.0289. The maximum atomic E-state index is 12.6. The van der Waals surface area contributed by atoms with Gasteiger partial charge in [-0.2, -0.15) is 0 Å². The smallest absolute Gasteiger partial charge is 0.316 e. The number of nitrogens with one attached hydrogen (secondary N) is 1. The Morgan fingerprint density at radius 1 is 1.29 bits per heavy atom. The largest absolute Gasteiger partial charge is 0.396 e. The van der Waals surface area contributed by atoms with Gasteiger partial charge in [0, 0.05) is 30.4 Å². The first-order chi connectivity index (χ1) is 10.1. The van der Waals surface area contributed by atoms with Crippen LogP contribution in [0, 0.1) is 0 Å². The molecule has 1 aromatic carbocycles. The highest BCUT2D eigenvalue weighted by Crippen LogP contribution is 2.26. The third kappa shape index (κ3) is 3.95. The molecule has 1 aliphatic rings. The molecule has 3 amide bonds. The lowest BCUT2D eigenvalue weighted by Crippen LogP contribution is -2.44. The van der Waals surface area contributed by atoms with Crippen molar-refractivity contribution in [3.8, 4) is 0 Å². The number of urea groups is 1. The van der Waals surface area contributed by atoms with Crippen LogP contribution in [0.5, 0.6) is 0 Å². The minimum atomic E-state index is -0.631. The highest BCUT2D eigenvalue weighted by atomic mass is 16.3. The Bertz CT molecular complexity index is 497. The lowest BCUT2D eigenvalue weighted by molar-refractivity contribution is 0.0562. The van der Waals surface area contributed by atoms with Crippen LogP contribution in [0.25, 0.3) is 0 Å². The maximum Gasteiger partial charge on any atom is 0.316 e. The first-order valence-corrected chi connectivity index (χ1v) is 7.20. The molecule has 0 saturated heterocycles. The van der Waals surface area contributed by atoms with Crippen LogP contribution in [-0.2, 0) is 0 Å². The minimum absolute atomic E-state index is 0.0289. The van der Waals surface area contributed by atoms with Crippen LogP contribution in [-0.4, -0.2) is 41.1 Å². The standard InChI is InChI=1S/C15H21N3O3/c16-15(21)17-12-7-5-11(6-8-12)14(20)18(9-2-10-19)13-3-1-4-13/h5-8,13,19H,1-4,9-10H2,(H3,16,17,21). The van der Waals surface area contributed by atoms with Gasteiger partial charge in [0.15, 0.2) is 0 Å². The normalized spacial score (nSPS) is 14.3. The Morgan fingerprint density at radius 3 is 2.43 bits per heavy atom. The summed E-state index contributed by atoms with van der Waals surface area (Å²) in [5.41, 5.74) is 6.18. The average Bonchev–Trinajstić information content (AvgIpc) is 2.40. The molecule has 0 unspecified atom stereocenters. The molecule has 0 spiro atoms. The fourth-order valence-electron chi connectivity index (χ4n) is 2.39. The number of carbonyl (C=O) groups excluding carboxylic acids is 2. The summed E-state index contributed by atoms with van der Waals surface area (Å²) in [6, 6.07) is 6.32. The zero-order valence-corrected chi connectivity index (χ0v) is 11.9. The fraction of sp³-hybridized carbons (Fsp3) is 0.467. The van der Waals surface area contributed by atoms with Crippen molar-refractivity contribution in [2.45, 2.75) is 31.7 Å². The number of anilines is 1. The molecule has 1 aromatic rings. The molecule has 2 rings (SSSR count). The number of aliphatic hydroxyl groups is 1. The second-order valence-electron chi connectivity index (χ2n) is 5.23. The molecular weight excluding hydrogens is 270 g/mol. The van der Waals surface area contributed by atoms with E-state index in [4.69, 9.17) is 10.8 Å². The number of nitrogens with two attached hydrogens (primary N) is 1. The molecule has 21 heavy (non-hydrogen) atoms. The van der Waals surface area contributed by atoms with E-state index in [2.05, 4.69) is 5.32 Å². The topological polar surface area (TPSA) is 95.7 Å². The van der Waals surface area contributed by atoms with E-state index in [0.29, 0.717) is 24.2 Å². The van der Waals surface area contributed by atoms with Gasteiger partial charge in [-0.15, -0.1) is 0 Å². The van der Waals surface area contributed by atoms with Gasteiger partial charge in [-0.05, 0) is 49.9 Å². The molecule has 1 saturated carbocycles. The third-order valence-corrected chi connectivity index (χ3v) is 3.73. The molecule has 6 heteroatoms. The number of amides is 3. The van der Waals surface area contributed by atoms with E-state index < -0.39 is 6.03 Å². The van der Waals surface area contributed by atoms with Crippen molar-refractivity contribution >= 4 is 17.6 Å². The van der Waals surface area contributed by atoms with Gasteiger partial charge in [-0.3, -0.25) is 4.79 Å². The Kier molecular flexibility index (Phi) is 5.16. The van der Waals surface area contributed by atoms with Crippen LogP contribution in [0.15, 0.2) is 24.3 Å². The van der Waals surface area contributed by atoms with Crippen LogP contribution in [0.3, 0.4) is 0 Å². The Morgan fingerprint density at radius 2 is 1.95 bits per heavy atom. The Labute approximate surface area is 123 Å². The molecule has 0 heterocycles. The van der Waals surface area contributed by atoms with Crippen LogP contribution in [0.4, 0.5) is 10.5 Å². The Hall–Kier alpha value is -2.08. The molecule has 4 N–H and O–H groups in total. The first kappa shape index (κ1) is 15.3. The van der Waals surface area contributed by atoms with Crippen LogP contribution in [0.1, 0.15) is 36.0 Å². The van der Waals surface area contributed by atoms with E-state index in [0.717, 1.165) is 19.3 Å². The zero-order chi connectivity index (χ0) is 15.2. The van der Waals surface area contributed by atoms with E-state index in [1.54, 1.807) is 24.3 Å². The molecule has 1 fully saturated rings. The monoisotopic (exact) mass is 291 g/mol. The third-order valence-electron chi connectivity index (χ3n) is 3.73. The number of rotatable bonds is 6. The van der Waals surface area contributed by atoms with Crippen molar-refractivity contribution < 1.29 is 14.7 Å². The molecule has 0 atom stereocenters. The van der Waals surface area contributed by atoms with Gasteiger partial charge < -0.3 is 21.1 Å². The predicted molar refractivity (Wildman–Crippen MR) is 80.0 cm³/mol. The van der Waals surface area contributed by atoms with E-state index in [1.165, 1.54) is 0 Å². The van der Waals surface area contributed by atoms with Crippen LogP contribution in [0.2, 0.25) is 0 Å². The van der Waals surface area contributed by atoms with Gasteiger partial charge >= 0.3 is 6.03 Å². The average molecular weight is 291 g/mol. The second-order valence-corrected chi connectivity index (χ2v) is 5.23. The van der Waals surface area contributed by atoms with Gasteiger partial charge in [0.2, 0.25) is 0 Å². The SMILES string of the molecule is NC(=O)Nc1ccc(C(=O)N(CCCO)C2CCC2)cc1. The summed E-state index contributed by atoms with van der Waals surface area (Å²) in [4.78, 5) is 25.2. The highest BCUT2D eigenvalue weighted by Gasteiger charge is 2.28. The quantitative estimate of drug-likeness (QED) is 0.742. The lowest BCUT2D eigenvalue weighted by atomic mass is 9.90. The van der Waals surface area contributed by atoms with E-state index in [-0.39, 0.29) is 18.6 Å². The van der Waals surface area contributed by atoms with Crippen molar-refractivity contribution in [1.82, 2.24) is 4.90 Å². The molecule has 0 aromatic heterocycles. The molecule has 0 aliphatic heterocycles. The van der Waals surface area contributed by atoms with Gasteiger partial charge in [0.25, 0.3) is 5.91 Å². The molecule has 6 nitrogen and oxygen atoms in total. The fourth-order valence-corrected chi connectivity index (χ4v) is 2.39. The van der Waals surface area contributed by atoms with Crippen molar-refractivity contribution in [2.24, 2.45) is 5.73 Å². The molecule has 0 bridgehead atoms. The summed E-state index contributed by atoms with van der Waals surface area (Å²) in [6.45, 7) is 0.652. The van der Waals surface area contributed by atoms with Crippen molar-refractivity contribution in [3.05, 3.63) is 29.8 Å². The Balaban J connectivity index is 2.06. The number of hydrogen-bond donors (Lipinski definition) is 3. The van der Waals surface area contributed by atoms with E-state index in [1.807, 2.05) is 4.90 Å². The van der Waals surface area contributed by atoms with Gasteiger partial charge in [0.1, 0.15) is 0 Å².